The Morgan fingerprint density at radius 2 is 1.35 bits per heavy atom. The molecule has 0 saturated carbocycles. The highest BCUT2D eigenvalue weighted by molar-refractivity contribution is 7.88. The maximum atomic E-state index is 13.1. The monoisotopic (exact) mass is 461 g/mol. The Balaban J connectivity index is 1.87. The van der Waals surface area contributed by atoms with E-state index >= 15 is 0 Å². The van der Waals surface area contributed by atoms with E-state index in [0.29, 0.717) is 5.56 Å². The molecule has 0 N–H and O–H groups in total. The van der Waals surface area contributed by atoms with Crippen LogP contribution >= 0.6 is 11.6 Å². The van der Waals surface area contributed by atoms with E-state index in [9.17, 15) is 26.9 Å². The highest BCUT2D eigenvalue weighted by Gasteiger charge is 2.51. The van der Waals surface area contributed by atoms with Crippen molar-refractivity contribution in [3.63, 3.8) is 0 Å². The third-order valence-electron chi connectivity index (χ3n) is 5.72. The zero-order chi connectivity index (χ0) is 22.1. The van der Waals surface area contributed by atoms with E-state index in [1.807, 2.05) is 36.4 Å². The number of alkyl halides is 3. The molecule has 0 spiro atoms. The third kappa shape index (κ3) is 2.70. The Hall–Kier alpha value is -3.02. The second-order valence-electron chi connectivity index (χ2n) is 7.28. The Labute approximate surface area is 180 Å². The molecule has 3 aliphatic rings. The Morgan fingerprint density at radius 1 is 0.903 bits per heavy atom. The predicted molar refractivity (Wildman–Crippen MR) is 107 cm³/mol. The largest absolute Gasteiger partial charge is 0.534 e. The minimum Gasteiger partial charge on any atom is -0.374 e. The molecule has 0 aliphatic heterocycles. The smallest absolute Gasteiger partial charge is 0.374 e. The summed E-state index contributed by atoms with van der Waals surface area (Å²) in [5, 5.41) is 9.38. The molecular weight excluding hydrogens is 451 g/mol. The van der Waals surface area contributed by atoms with Gasteiger partial charge in [-0.1, -0.05) is 60.1 Å². The second kappa shape index (κ2) is 6.49. The summed E-state index contributed by atoms with van der Waals surface area (Å²) in [7, 11) is -5.97. The molecule has 9 heteroatoms. The van der Waals surface area contributed by atoms with Gasteiger partial charge in [-0.25, -0.2) is 0 Å². The van der Waals surface area contributed by atoms with Gasteiger partial charge in [0.15, 0.2) is 5.75 Å². The van der Waals surface area contributed by atoms with Crippen molar-refractivity contribution in [2.75, 3.05) is 0 Å². The molecule has 156 valence electrons. The molecule has 0 amide bonds. The molecule has 3 aromatic rings. The topological polar surface area (TPSA) is 67.2 Å². The lowest BCUT2D eigenvalue weighted by molar-refractivity contribution is -0.0500. The zero-order valence-electron chi connectivity index (χ0n) is 15.4. The molecule has 4 nitrogen and oxygen atoms in total. The fourth-order valence-electron chi connectivity index (χ4n) is 4.63. The maximum absolute atomic E-state index is 13.1. The van der Waals surface area contributed by atoms with Crippen molar-refractivity contribution in [1.82, 2.24) is 0 Å². The molecule has 6 rings (SSSR count). The highest BCUT2D eigenvalue weighted by atomic mass is 35.5. The lowest BCUT2D eigenvalue weighted by atomic mass is 9.60. The Bertz CT molecular complexity index is 1360. The van der Waals surface area contributed by atoms with Crippen molar-refractivity contribution in [2.45, 2.75) is 17.3 Å². The van der Waals surface area contributed by atoms with Gasteiger partial charge in [0.05, 0.1) is 16.7 Å². The second-order valence-corrected chi connectivity index (χ2v) is 9.23. The van der Waals surface area contributed by atoms with Gasteiger partial charge in [0.1, 0.15) is 0 Å². The predicted octanol–water partition coefficient (Wildman–Crippen LogP) is 5.43. The first kappa shape index (κ1) is 19.9. The minimum atomic E-state index is -5.97. The summed E-state index contributed by atoms with van der Waals surface area (Å²) in [6, 6.07) is 18.0. The number of nitrogens with zero attached hydrogens (tertiary/aromatic N) is 1. The summed E-state index contributed by atoms with van der Waals surface area (Å²) < 4.78 is 67.5. The number of nitriles is 1. The van der Waals surface area contributed by atoms with Gasteiger partial charge >= 0.3 is 15.6 Å². The molecule has 3 aliphatic carbocycles. The van der Waals surface area contributed by atoms with Crippen molar-refractivity contribution in [2.24, 2.45) is 0 Å². The van der Waals surface area contributed by atoms with E-state index in [2.05, 4.69) is 10.3 Å². The van der Waals surface area contributed by atoms with Crippen LogP contribution in [0.4, 0.5) is 13.2 Å². The number of halogens is 4. The molecule has 0 radical (unpaired) electrons. The van der Waals surface area contributed by atoms with Gasteiger partial charge in [-0.2, -0.15) is 26.9 Å². The van der Waals surface area contributed by atoms with Gasteiger partial charge in [-0.3, -0.25) is 0 Å². The summed E-state index contributed by atoms with van der Waals surface area (Å²) in [5.41, 5.74) is -1.44. The van der Waals surface area contributed by atoms with Crippen LogP contribution in [0, 0.1) is 11.3 Å². The maximum Gasteiger partial charge on any atom is 0.534 e. The van der Waals surface area contributed by atoms with Gasteiger partial charge in [0.25, 0.3) is 0 Å². The lowest BCUT2D eigenvalue weighted by Crippen LogP contribution is -2.32. The SMILES string of the molecule is N#Cc1cc(Cl)c(OS(=O)(=O)C(F)(F)F)c2c1C1c3ccccc3C2c2ccccc21. The first-order chi connectivity index (χ1) is 14.7. The van der Waals surface area contributed by atoms with Gasteiger partial charge in [-0.05, 0) is 33.9 Å². The lowest BCUT2D eigenvalue weighted by Gasteiger charge is -2.43. The van der Waals surface area contributed by atoms with Crippen molar-refractivity contribution in [3.05, 3.63) is 98.6 Å². The summed E-state index contributed by atoms with van der Waals surface area (Å²) in [6.07, 6.45) is 0. The minimum absolute atomic E-state index is 0.163. The van der Waals surface area contributed by atoms with Crippen LogP contribution in [-0.2, 0) is 10.1 Å². The van der Waals surface area contributed by atoms with E-state index < -0.39 is 33.2 Å². The fourth-order valence-corrected chi connectivity index (χ4v) is 5.42. The quantitative estimate of drug-likeness (QED) is 0.260. The number of rotatable bonds is 2. The first-order valence-electron chi connectivity index (χ1n) is 9.10. The Morgan fingerprint density at radius 3 is 1.77 bits per heavy atom. The van der Waals surface area contributed by atoms with Crippen LogP contribution in [0.3, 0.4) is 0 Å². The average molecular weight is 462 g/mol. The molecule has 0 fully saturated rings. The molecule has 0 unspecified atom stereocenters. The Kier molecular flexibility index (Phi) is 4.17. The van der Waals surface area contributed by atoms with Crippen LogP contribution in [0.2, 0.25) is 5.02 Å². The molecule has 31 heavy (non-hydrogen) atoms. The average Bonchev–Trinajstić information content (AvgIpc) is 2.74. The summed E-state index contributed by atoms with van der Waals surface area (Å²) >= 11 is 6.18. The van der Waals surface area contributed by atoms with Crippen molar-refractivity contribution >= 4 is 21.7 Å². The van der Waals surface area contributed by atoms with Crippen molar-refractivity contribution in [3.8, 4) is 11.8 Å². The van der Waals surface area contributed by atoms with Gasteiger partial charge < -0.3 is 4.18 Å². The molecule has 0 heterocycles. The van der Waals surface area contributed by atoms with E-state index in [4.69, 9.17) is 11.6 Å². The fraction of sp³-hybridized carbons (Fsp3) is 0.136. The van der Waals surface area contributed by atoms with Crippen LogP contribution in [0.1, 0.15) is 50.8 Å². The van der Waals surface area contributed by atoms with Crippen LogP contribution in [0.5, 0.6) is 5.75 Å². The van der Waals surface area contributed by atoms with Gasteiger partial charge in [0.2, 0.25) is 0 Å². The first-order valence-corrected chi connectivity index (χ1v) is 10.9. The number of hydrogen-bond acceptors (Lipinski definition) is 4. The van der Waals surface area contributed by atoms with E-state index in [1.165, 1.54) is 0 Å². The van der Waals surface area contributed by atoms with Crippen molar-refractivity contribution < 1.29 is 25.8 Å². The molecular formula is C22H11ClF3NO3S. The van der Waals surface area contributed by atoms with E-state index in [1.54, 1.807) is 12.1 Å². The molecule has 3 aromatic carbocycles. The van der Waals surface area contributed by atoms with Crippen LogP contribution in [0.15, 0.2) is 54.6 Å². The summed E-state index contributed by atoms with van der Waals surface area (Å²) in [5.74, 6) is -1.68. The van der Waals surface area contributed by atoms with Crippen LogP contribution in [0.25, 0.3) is 0 Å². The standard InChI is InChI=1S/C22H11ClF3NO3S/c23-16-9-11(10-27)17-18-12-5-1-3-7-14(12)19(15-8-4-2-6-13(15)18)20(17)21(16)30-31(28,29)22(24,25)26/h1-9,18-19H. The summed E-state index contributed by atoms with van der Waals surface area (Å²) in [6.45, 7) is 0. The highest BCUT2D eigenvalue weighted by Crippen LogP contribution is 2.60. The molecule has 0 atom stereocenters. The van der Waals surface area contributed by atoms with Gasteiger partial charge in [0, 0.05) is 17.4 Å². The summed E-state index contributed by atoms with van der Waals surface area (Å²) in [4.78, 5) is 0. The third-order valence-corrected chi connectivity index (χ3v) is 6.96. The molecule has 2 bridgehead atoms. The number of benzene rings is 3. The van der Waals surface area contributed by atoms with Crippen molar-refractivity contribution in [1.29, 1.82) is 5.26 Å². The van der Waals surface area contributed by atoms with Crippen LogP contribution in [-0.4, -0.2) is 13.9 Å². The molecule has 0 saturated heterocycles. The van der Waals surface area contributed by atoms with Crippen LogP contribution < -0.4 is 4.18 Å². The van der Waals surface area contributed by atoms with E-state index in [-0.39, 0.29) is 16.1 Å². The number of hydrogen-bond donors (Lipinski definition) is 0. The zero-order valence-corrected chi connectivity index (χ0v) is 17.0. The van der Waals surface area contributed by atoms with Gasteiger partial charge in [-0.15, -0.1) is 0 Å². The molecule has 0 aromatic heterocycles. The normalized spacial score (nSPS) is 18.5. The van der Waals surface area contributed by atoms with E-state index in [0.717, 1.165) is 28.3 Å².